The van der Waals surface area contributed by atoms with Crippen LogP contribution in [0.5, 0.6) is 11.6 Å². The van der Waals surface area contributed by atoms with Crippen LogP contribution in [0.1, 0.15) is 31.4 Å². The molecule has 6 heteroatoms. The van der Waals surface area contributed by atoms with Gasteiger partial charge in [0.25, 0.3) is 0 Å². The Labute approximate surface area is 133 Å². The van der Waals surface area contributed by atoms with Gasteiger partial charge >= 0.3 is 6.18 Å². The minimum absolute atomic E-state index is 0.114. The molecular weight excluding hydrogens is 305 g/mol. The molecule has 1 atom stereocenters. The van der Waals surface area contributed by atoms with E-state index >= 15 is 0 Å². The monoisotopic (exact) mass is 324 g/mol. The molecule has 0 saturated heterocycles. The standard InChI is InChI=1S/C17H19F3N2O/c1-3-12(2)22-11-13-6-5-9-21-16(13)23-15-8-4-7-14(10-15)17(18,19)20/h4-10,12,22H,3,11H2,1-2H3. The number of rotatable bonds is 6. The Bertz CT molecular complexity index is 644. The largest absolute Gasteiger partial charge is 0.439 e. The minimum atomic E-state index is -4.40. The van der Waals surface area contributed by atoms with Crippen LogP contribution in [0, 0.1) is 0 Å². The Morgan fingerprint density at radius 2 is 2.00 bits per heavy atom. The summed E-state index contributed by atoms with van der Waals surface area (Å²) in [5, 5.41) is 3.31. The lowest BCUT2D eigenvalue weighted by Crippen LogP contribution is -2.24. The van der Waals surface area contributed by atoms with E-state index in [1.807, 2.05) is 6.07 Å². The van der Waals surface area contributed by atoms with Crippen molar-refractivity contribution >= 4 is 0 Å². The van der Waals surface area contributed by atoms with Gasteiger partial charge in [0.15, 0.2) is 0 Å². The van der Waals surface area contributed by atoms with Gasteiger partial charge < -0.3 is 10.1 Å². The molecule has 124 valence electrons. The van der Waals surface area contributed by atoms with Gasteiger partial charge in [-0.15, -0.1) is 0 Å². The van der Waals surface area contributed by atoms with Crippen molar-refractivity contribution in [2.24, 2.45) is 0 Å². The molecule has 1 unspecified atom stereocenters. The smallest absolute Gasteiger partial charge is 0.416 e. The second kappa shape index (κ2) is 7.46. The molecule has 0 radical (unpaired) electrons. The number of hydrogen-bond acceptors (Lipinski definition) is 3. The summed E-state index contributed by atoms with van der Waals surface area (Å²) >= 11 is 0. The molecule has 0 bridgehead atoms. The van der Waals surface area contributed by atoms with Crippen molar-refractivity contribution in [2.75, 3.05) is 0 Å². The summed E-state index contributed by atoms with van der Waals surface area (Å²) in [6.07, 6.45) is -1.87. The molecule has 1 N–H and O–H groups in total. The van der Waals surface area contributed by atoms with Gasteiger partial charge in [0.05, 0.1) is 5.56 Å². The summed E-state index contributed by atoms with van der Waals surface area (Å²) in [6, 6.07) is 8.72. The van der Waals surface area contributed by atoms with Crippen LogP contribution in [0.3, 0.4) is 0 Å². The zero-order valence-electron chi connectivity index (χ0n) is 13.0. The summed E-state index contributed by atoms with van der Waals surface area (Å²) in [5.74, 6) is 0.422. The fraction of sp³-hybridized carbons (Fsp3) is 0.353. The van der Waals surface area contributed by atoms with Crippen molar-refractivity contribution in [3.8, 4) is 11.6 Å². The van der Waals surface area contributed by atoms with Crippen molar-refractivity contribution in [1.82, 2.24) is 10.3 Å². The van der Waals surface area contributed by atoms with Crippen LogP contribution in [0.4, 0.5) is 13.2 Å². The van der Waals surface area contributed by atoms with Crippen molar-refractivity contribution in [1.29, 1.82) is 0 Å². The van der Waals surface area contributed by atoms with E-state index in [4.69, 9.17) is 4.74 Å². The van der Waals surface area contributed by atoms with Gasteiger partial charge in [-0.1, -0.05) is 19.1 Å². The predicted octanol–water partition coefficient (Wildman–Crippen LogP) is 4.78. The Morgan fingerprint density at radius 3 is 2.70 bits per heavy atom. The van der Waals surface area contributed by atoms with Gasteiger partial charge in [-0.05, 0) is 37.6 Å². The lowest BCUT2D eigenvalue weighted by Gasteiger charge is -2.14. The summed E-state index contributed by atoms with van der Waals surface area (Å²) in [4.78, 5) is 4.13. The van der Waals surface area contributed by atoms with E-state index in [9.17, 15) is 13.2 Å². The second-order valence-electron chi connectivity index (χ2n) is 5.29. The number of nitrogens with one attached hydrogen (secondary N) is 1. The first-order valence-electron chi connectivity index (χ1n) is 7.42. The third kappa shape index (κ3) is 4.96. The van der Waals surface area contributed by atoms with Crippen LogP contribution < -0.4 is 10.1 Å². The first-order valence-corrected chi connectivity index (χ1v) is 7.42. The molecule has 0 saturated carbocycles. The molecule has 1 aromatic carbocycles. The normalized spacial score (nSPS) is 12.9. The molecule has 0 aliphatic rings. The van der Waals surface area contributed by atoms with E-state index in [2.05, 4.69) is 24.1 Å². The third-order valence-corrected chi connectivity index (χ3v) is 3.48. The Morgan fingerprint density at radius 1 is 1.22 bits per heavy atom. The molecule has 1 heterocycles. The summed E-state index contributed by atoms with van der Waals surface area (Å²) in [7, 11) is 0. The van der Waals surface area contributed by atoms with Crippen molar-refractivity contribution in [3.05, 3.63) is 53.7 Å². The number of pyridine rings is 1. The van der Waals surface area contributed by atoms with Gasteiger partial charge in [0.2, 0.25) is 5.88 Å². The molecule has 23 heavy (non-hydrogen) atoms. The molecule has 0 fully saturated rings. The maximum absolute atomic E-state index is 12.8. The number of nitrogens with zero attached hydrogens (tertiary/aromatic N) is 1. The lowest BCUT2D eigenvalue weighted by molar-refractivity contribution is -0.137. The molecule has 0 aliphatic heterocycles. The van der Waals surface area contributed by atoms with E-state index in [1.54, 1.807) is 12.3 Å². The second-order valence-corrected chi connectivity index (χ2v) is 5.29. The molecule has 1 aromatic heterocycles. The Hall–Kier alpha value is -2.08. The van der Waals surface area contributed by atoms with E-state index < -0.39 is 11.7 Å². The lowest BCUT2D eigenvalue weighted by atomic mass is 10.2. The Kier molecular flexibility index (Phi) is 5.60. The van der Waals surface area contributed by atoms with Crippen LogP contribution in [0.2, 0.25) is 0 Å². The highest BCUT2D eigenvalue weighted by atomic mass is 19.4. The van der Waals surface area contributed by atoms with Crippen LogP contribution in [0.25, 0.3) is 0 Å². The van der Waals surface area contributed by atoms with Gasteiger partial charge in [0, 0.05) is 24.3 Å². The predicted molar refractivity (Wildman–Crippen MR) is 82.3 cm³/mol. The molecule has 2 aromatic rings. The maximum Gasteiger partial charge on any atom is 0.416 e. The number of alkyl halides is 3. The van der Waals surface area contributed by atoms with Crippen molar-refractivity contribution in [2.45, 2.75) is 39.0 Å². The fourth-order valence-corrected chi connectivity index (χ4v) is 1.93. The maximum atomic E-state index is 12.8. The molecule has 0 amide bonds. The fourth-order valence-electron chi connectivity index (χ4n) is 1.93. The number of aromatic nitrogens is 1. The summed E-state index contributed by atoms with van der Waals surface area (Å²) < 4.78 is 43.8. The third-order valence-electron chi connectivity index (χ3n) is 3.48. The summed E-state index contributed by atoms with van der Waals surface area (Å²) in [5.41, 5.74) is 0.0513. The van der Waals surface area contributed by atoms with Crippen LogP contribution >= 0.6 is 0 Å². The molecular formula is C17H19F3N2O. The molecule has 2 rings (SSSR count). The molecule has 3 nitrogen and oxygen atoms in total. The van der Waals surface area contributed by atoms with E-state index in [0.717, 1.165) is 24.1 Å². The highest BCUT2D eigenvalue weighted by molar-refractivity contribution is 5.35. The van der Waals surface area contributed by atoms with E-state index in [1.165, 1.54) is 12.1 Å². The van der Waals surface area contributed by atoms with Crippen molar-refractivity contribution in [3.63, 3.8) is 0 Å². The van der Waals surface area contributed by atoms with Gasteiger partial charge in [-0.2, -0.15) is 13.2 Å². The van der Waals surface area contributed by atoms with Crippen LogP contribution in [-0.2, 0) is 12.7 Å². The van der Waals surface area contributed by atoms with Crippen LogP contribution in [-0.4, -0.2) is 11.0 Å². The quantitative estimate of drug-likeness (QED) is 0.830. The minimum Gasteiger partial charge on any atom is -0.439 e. The molecule has 0 aliphatic carbocycles. The van der Waals surface area contributed by atoms with Crippen LogP contribution in [0.15, 0.2) is 42.6 Å². The summed E-state index contributed by atoms with van der Waals surface area (Å²) in [6.45, 7) is 4.67. The zero-order chi connectivity index (χ0) is 16.9. The molecule has 0 spiro atoms. The first kappa shape index (κ1) is 17.3. The highest BCUT2D eigenvalue weighted by Gasteiger charge is 2.30. The van der Waals surface area contributed by atoms with E-state index in [-0.39, 0.29) is 5.75 Å². The van der Waals surface area contributed by atoms with Crippen molar-refractivity contribution < 1.29 is 17.9 Å². The van der Waals surface area contributed by atoms with Gasteiger partial charge in [-0.3, -0.25) is 0 Å². The average molecular weight is 324 g/mol. The first-order chi connectivity index (χ1) is 10.9. The Balaban J connectivity index is 2.17. The number of ether oxygens (including phenoxy) is 1. The van der Waals surface area contributed by atoms with E-state index in [0.29, 0.717) is 18.5 Å². The average Bonchev–Trinajstić information content (AvgIpc) is 2.53. The van der Waals surface area contributed by atoms with Gasteiger partial charge in [0.1, 0.15) is 5.75 Å². The van der Waals surface area contributed by atoms with Gasteiger partial charge in [-0.25, -0.2) is 4.98 Å². The number of halogens is 3. The number of hydrogen-bond donors (Lipinski definition) is 1. The highest BCUT2D eigenvalue weighted by Crippen LogP contribution is 2.32. The topological polar surface area (TPSA) is 34.2 Å². The number of benzene rings is 1. The SMILES string of the molecule is CCC(C)NCc1cccnc1Oc1cccc(C(F)(F)F)c1. The zero-order valence-corrected chi connectivity index (χ0v) is 13.0.